The predicted molar refractivity (Wildman–Crippen MR) is 114 cm³/mol. The van der Waals surface area contributed by atoms with E-state index in [1.54, 1.807) is 0 Å². The molecule has 0 radical (unpaired) electrons. The number of carbonyl (C=O) groups is 2. The van der Waals surface area contributed by atoms with Gasteiger partial charge in [0.15, 0.2) is 0 Å². The SMILES string of the molecule is CCN1CCN(C2=C(c3ccc(C)cc3)C(=O)N(CCCOC(C)C)C2=O)CC1. The van der Waals surface area contributed by atoms with Crippen LogP contribution in [0, 0.1) is 6.92 Å². The summed E-state index contributed by atoms with van der Waals surface area (Å²) in [4.78, 5) is 32.4. The third kappa shape index (κ3) is 4.87. The van der Waals surface area contributed by atoms with Crippen molar-refractivity contribution in [2.45, 2.75) is 40.2 Å². The van der Waals surface area contributed by atoms with Crippen LogP contribution in [0.25, 0.3) is 5.57 Å². The molecule has 0 aliphatic carbocycles. The molecule has 1 aromatic rings. The number of piperazine rings is 1. The van der Waals surface area contributed by atoms with Gasteiger partial charge in [-0.1, -0.05) is 36.8 Å². The first kappa shape index (κ1) is 21.5. The molecular weight excluding hydrogens is 366 g/mol. The second-order valence-corrected chi connectivity index (χ2v) is 8.05. The minimum Gasteiger partial charge on any atom is -0.379 e. The molecule has 0 saturated carbocycles. The van der Waals surface area contributed by atoms with Crippen LogP contribution in [0.2, 0.25) is 0 Å². The molecule has 2 heterocycles. The number of nitrogens with zero attached hydrogens (tertiary/aromatic N) is 3. The van der Waals surface area contributed by atoms with Crippen molar-refractivity contribution in [3.8, 4) is 0 Å². The number of likely N-dealkylation sites (N-methyl/N-ethyl adjacent to an activating group) is 1. The molecule has 0 N–H and O–H groups in total. The lowest BCUT2D eigenvalue weighted by Gasteiger charge is -2.36. The first-order valence-electron chi connectivity index (χ1n) is 10.7. The van der Waals surface area contributed by atoms with Crippen molar-refractivity contribution in [3.63, 3.8) is 0 Å². The number of imide groups is 1. The van der Waals surface area contributed by atoms with E-state index in [1.807, 2.05) is 45.0 Å². The van der Waals surface area contributed by atoms with E-state index >= 15 is 0 Å². The van der Waals surface area contributed by atoms with Crippen molar-refractivity contribution in [2.75, 3.05) is 45.9 Å². The number of amides is 2. The summed E-state index contributed by atoms with van der Waals surface area (Å²) in [7, 11) is 0. The van der Waals surface area contributed by atoms with Crippen LogP contribution in [-0.2, 0) is 14.3 Å². The molecular formula is C23H33N3O3. The van der Waals surface area contributed by atoms with E-state index in [2.05, 4.69) is 16.7 Å². The molecule has 6 nitrogen and oxygen atoms in total. The zero-order chi connectivity index (χ0) is 21.0. The fourth-order valence-corrected chi connectivity index (χ4v) is 3.87. The average molecular weight is 400 g/mol. The Labute approximate surface area is 174 Å². The summed E-state index contributed by atoms with van der Waals surface area (Å²) in [5.74, 6) is -0.351. The normalized spacial score (nSPS) is 18.5. The molecule has 2 amide bonds. The maximum Gasteiger partial charge on any atom is 0.277 e. The Bertz CT molecular complexity index is 762. The smallest absolute Gasteiger partial charge is 0.277 e. The zero-order valence-electron chi connectivity index (χ0n) is 18.1. The van der Waals surface area contributed by atoms with Crippen LogP contribution in [0.15, 0.2) is 30.0 Å². The highest BCUT2D eigenvalue weighted by Gasteiger charge is 2.41. The van der Waals surface area contributed by atoms with Crippen molar-refractivity contribution < 1.29 is 14.3 Å². The number of aryl methyl sites for hydroxylation is 1. The number of benzene rings is 1. The van der Waals surface area contributed by atoms with Gasteiger partial charge in [0.05, 0.1) is 11.7 Å². The Morgan fingerprint density at radius 2 is 1.66 bits per heavy atom. The van der Waals surface area contributed by atoms with E-state index in [9.17, 15) is 9.59 Å². The number of hydrogen-bond donors (Lipinski definition) is 0. The van der Waals surface area contributed by atoms with Gasteiger partial charge in [-0.15, -0.1) is 0 Å². The fraction of sp³-hybridized carbons (Fsp3) is 0.565. The number of ether oxygens (including phenoxy) is 1. The number of rotatable bonds is 8. The molecule has 0 unspecified atom stereocenters. The minimum atomic E-state index is -0.184. The van der Waals surface area contributed by atoms with Crippen LogP contribution in [-0.4, -0.2) is 78.5 Å². The number of carbonyl (C=O) groups excluding carboxylic acids is 2. The largest absolute Gasteiger partial charge is 0.379 e. The molecule has 1 fully saturated rings. The van der Waals surface area contributed by atoms with E-state index in [1.165, 1.54) is 4.90 Å². The van der Waals surface area contributed by atoms with Crippen molar-refractivity contribution >= 4 is 17.4 Å². The van der Waals surface area contributed by atoms with E-state index < -0.39 is 0 Å². The molecule has 158 valence electrons. The van der Waals surface area contributed by atoms with E-state index in [0.717, 1.165) is 43.9 Å². The quantitative estimate of drug-likeness (QED) is 0.497. The molecule has 0 spiro atoms. The summed E-state index contributed by atoms with van der Waals surface area (Å²) in [6, 6.07) is 7.88. The van der Waals surface area contributed by atoms with E-state index in [-0.39, 0.29) is 17.9 Å². The van der Waals surface area contributed by atoms with Gasteiger partial charge in [-0.05, 0) is 39.3 Å². The standard InChI is InChI=1S/C23H33N3O3/c1-5-24-12-14-25(15-13-24)21-20(19-9-7-18(4)8-10-19)22(27)26(23(21)28)11-6-16-29-17(2)3/h7-10,17H,5-6,11-16H2,1-4H3. The monoisotopic (exact) mass is 399 g/mol. The van der Waals surface area contributed by atoms with Crippen molar-refractivity contribution in [3.05, 3.63) is 41.1 Å². The van der Waals surface area contributed by atoms with Crippen molar-refractivity contribution in [2.24, 2.45) is 0 Å². The second kappa shape index (κ2) is 9.55. The van der Waals surface area contributed by atoms with Gasteiger partial charge >= 0.3 is 0 Å². The van der Waals surface area contributed by atoms with E-state index in [4.69, 9.17) is 4.74 Å². The van der Waals surface area contributed by atoms with Crippen LogP contribution in [0.3, 0.4) is 0 Å². The van der Waals surface area contributed by atoms with Crippen LogP contribution in [0.4, 0.5) is 0 Å². The van der Waals surface area contributed by atoms with Gasteiger partial charge in [0.25, 0.3) is 11.8 Å². The molecule has 1 aromatic carbocycles. The molecule has 0 atom stereocenters. The molecule has 0 bridgehead atoms. The Morgan fingerprint density at radius 1 is 1.00 bits per heavy atom. The third-order valence-electron chi connectivity index (χ3n) is 5.60. The van der Waals surface area contributed by atoms with Crippen molar-refractivity contribution in [1.29, 1.82) is 0 Å². The first-order chi connectivity index (χ1) is 13.9. The Hall–Kier alpha value is -2.18. The summed E-state index contributed by atoms with van der Waals surface area (Å²) in [5, 5.41) is 0. The van der Waals surface area contributed by atoms with Crippen LogP contribution in [0.5, 0.6) is 0 Å². The van der Waals surface area contributed by atoms with Gasteiger partial charge in [-0.2, -0.15) is 0 Å². The average Bonchev–Trinajstić information content (AvgIpc) is 2.96. The van der Waals surface area contributed by atoms with Gasteiger partial charge in [0, 0.05) is 39.3 Å². The Balaban J connectivity index is 1.85. The van der Waals surface area contributed by atoms with Gasteiger partial charge in [0.1, 0.15) is 5.70 Å². The predicted octanol–water partition coefficient (Wildman–Crippen LogP) is 2.53. The van der Waals surface area contributed by atoms with Gasteiger partial charge in [-0.3, -0.25) is 14.5 Å². The van der Waals surface area contributed by atoms with Crippen molar-refractivity contribution in [1.82, 2.24) is 14.7 Å². The molecule has 0 aromatic heterocycles. The zero-order valence-corrected chi connectivity index (χ0v) is 18.1. The molecule has 1 saturated heterocycles. The highest BCUT2D eigenvalue weighted by molar-refractivity contribution is 6.35. The van der Waals surface area contributed by atoms with Gasteiger partial charge in [-0.25, -0.2) is 0 Å². The minimum absolute atomic E-state index is 0.145. The lowest BCUT2D eigenvalue weighted by atomic mass is 10.0. The summed E-state index contributed by atoms with van der Waals surface area (Å²) in [6.07, 6.45) is 0.792. The highest BCUT2D eigenvalue weighted by Crippen LogP contribution is 2.32. The molecule has 6 heteroatoms. The second-order valence-electron chi connectivity index (χ2n) is 8.05. The summed E-state index contributed by atoms with van der Waals surface area (Å²) in [5.41, 5.74) is 3.07. The van der Waals surface area contributed by atoms with Crippen LogP contribution >= 0.6 is 0 Å². The summed E-state index contributed by atoms with van der Waals surface area (Å²) >= 11 is 0. The van der Waals surface area contributed by atoms with Gasteiger partial charge < -0.3 is 14.5 Å². The van der Waals surface area contributed by atoms with Crippen LogP contribution < -0.4 is 0 Å². The third-order valence-corrected chi connectivity index (χ3v) is 5.60. The maximum absolute atomic E-state index is 13.3. The highest BCUT2D eigenvalue weighted by atomic mass is 16.5. The lowest BCUT2D eigenvalue weighted by molar-refractivity contribution is -0.137. The first-order valence-corrected chi connectivity index (χ1v) is 10.7. The maximum atomic E-state index is 13.3. The molecule has 2 aliphatic rings. The van der Waals surface area contributed by atoms with Gasteiger partial charge in [0.2, 0.25) is 0 Å². The summed E-state index contributed by atoms with van der Waals surface area (Å²) in [6.45, 7) is 13.4. The van der Waals surface area contributed by atoms with Crippen LogP contribution in [0.1, 0.15) is 38.3 Å². The molecule has 2 aliphatic heterocycles. The lowest BCUT2D eigenvalue weighted by Crippen LogP contribution is -2.47. The molecule has 3 rings (SSSR count). The fourth-order valence-electron chi connectivity index (χ4n) is 3.87. The topological polar surface area (TPSA) is 53.1 Å². The Kier molecular flexibility index (Phi) is 7.09. The van der Waals surface area contributed by atoms with E-state index in [0.29, 0.717) is 30.8 Å². The Morgan fingerprint density at radius 3 is 2.24 bits per heavy atom. The molecule has 29 heavy (non-hydrogen) atoms. The summed E-state index contributed by atoms with van der Waals surface area (Å²) < 4.78 is 5.59. The number of hydrogen-bond acceptors (Lipinski definition) is 5.